The molecule has 1 amide bonds. The van der Waals surface area contributed by atoms with Crippen LogP contribution in [0.3, 0.4) is 0 Å². The first kappa shape index (κ1) is 17.1. The summed E-state index contributed by atoms with van der Waals surface area (Å²) >= 11 is 0. The van der Waals surface area contributed by atoms with Gasteiger partial charge in [-0.1, -0.05) is 37.1 Å². The average Bonchev–Trinajstić information content (AvgIpc) is 3.24. The summed E-state index contributed by atoms with van der Waals surface area (Å²) in [6, 6.07) is 9.58. The van der Waals surface area contributed by atoms with Crippen LogP contribution in [0.4, 0.5) is 6.01 Å². The third-order valence-electron chi connectivity index (χ3n) is 5.75. The van der Waals surface area contributed by atoms with Gasteiger partial charge in [0, 0.05) is 18.7 Å². The van der Waals surface area contributed by atoms with E-state index in [9.17, 15) is 4.79 Å². The van der Waals surface area contributed by atoms with Gasteiger partial charge in [0.2, 0.25) is 11.8 Å². The lowest BCUT2D eigenvalue weighted by atomic mass is 9.92. The molecule has 26 heavy (non-hydrogen) atoms. The molecule has 2 fully saturated rings. The lowest BCUT2D eigenvalue weighted by Crippen LogP contribution is -2.48. The molecule has 2 aromatic rings. The van der Waals surface area contributed by atoms with Crippen molar-refractivity contribution in [2.75, 3.05) is 18.4 Å². The number of nitrogens with one attached hydrogen (secondary N) is 1. The van der Waals surface area contributed by atoms with Crippen LogP contribution in [0.1, 0.15) is 39.5 Å². The first-order valence-electron chi connectivity index (χ1n) is 9.51. The van der Waals surface area contributed by atoms with Crippen LogP contribution < -0.4 is 5.32 Å². The van der Waals surface area contributed by atoms with Crippen LogP contribution in [0.5, 0.6) is 0 Å². The van der Waals surface area contributed by atoms with Gasteiger partial charge in [-0.2, -0.15) is 0 Å². The van der Waals surface area contributed by atoms with Gasteiger partial charge in [-0.05, 0) is 49.1 Å². The van der Waals surface area contributed by atoms with Crippen molar-refractivity contribution < 1.29 is 9.21 Å². The molecule has 1 spiro atoms. The SMILES string of the molecule is CC(C)[C@H](Nc1nnc(-c2ccccc2)o1)C(=O)N1CCC2(CC1)CC2. The van der Waals surface area contributed by atoms with Gasteiger partial charge in [-0.25, -0.2) is 0 Å². The van der Waals surface area contributed by atoms with E-state index in [1.807, 2.05) is 49.1 Å². The molecule has 1 N–H and O–H groups in total. The number of likely N-dealkylation sites (tertiary alicyclic amines) is 1. The zero-order chi connectivity index (χ0) is 18.1. The highest BCUT2D eigenvalue weighted by Crippen LogP contribution is 2.53. The zero-order valence-electron chi connectivity index (χ0n) is 15.4. The minimum Gasteiger partial charge on any atom is -0.403 e. The number of hydrogen-bond donors (Lipinski definition) is 1. The summed E-state index contributed by atoms with van der Waals surface area (Å²) in [6.45, 7) is 5.80. The van der Waals surface area contributed by atoms with Crippen molar-refractivity contribution in [3.63, 3.8) is 0 Å². The second-order valence-electron chi connectivity index (χ2n) is 7.97. The lowest BCUT2D eigenvalue weighted by Gasteiger charge is -2.35. The minimum atomic E-state index is -0.354. The Bertz CT molecular complexity index is 757. The van der Waals surface area contributed by atoms with Crippen molar-refractivity contribution in [2.24, 2.45) is 11.3 Å². The fourth-order valence-electron chi connectivity index (χ4n) is 3.70. The second kappa shape index (κ2) is 6.74. The molecule has 1 saturated carbocycles. The van der Waals surface area contributed by atoms with E-state index in [2.05, 4.69) is 15.5 Å². The minimum absolute atomic E-state index is 0.131. The molecule has 1 aliphatic carbocycles. The van der Waals surface area contributed by atoms with Crippen LogP contribution in [-0.2, 0) is 4.79 Å². The van der Waals surface area contributed by atoms with Crippen LogP contribution in [0.25, 0.3) is 11.5 Å². The molecule has 2 aliphatic rings. The Labute approximate surface area is 154 Å². The van der Waals surface area contributed by atoms with Crippen LogP contribution >= 0.6 is 0 Å². The predicted octanol–water partition coefficient (Wildman–Crippen LogP) is 3.58. The molecule has 6 nitrogen and oxygen atoms in total. The first-order valence-corrected chi connectivity index (χ1v) is 9.51. The number of piperidine rings is 1. The van der Waals surface area contributed by atoms with E-state index in [-0.39, 0.29) is 17.9 Å². The summed E-state index contributed by atoms with van der Waals surface area (Å²) in [6.07, 6.45) is 4.96. The Morgan fingerprint density at radius 2 is 1.81 bits per heavy atom. The maximum atomic E-state index is 13.0. The first-order chi connectivity index (χ1) is 12.6. The predicted molar refractivity (Wildman–Crippen MR) is 99.5 cm³/mol. The Kier molecular flexibility index (Phi) is 4.42. The Balaban J connectivity index is 1.44. The third-order valence-corrected chi connectivity index (χ3v) is 5.75. The van der Waals surface area contributed by atoms with E-state index >= 15 is 0 Å². The monoisotopic (exact) mass is 354 g/mol. The third kappa shape index (κ3) is 3.45. The van der Waals surface area contributed by atoms with Crippen molar-refractivity contribution in [3.05, 3.63) is 30.3 Å². The molecular weight excluding hydrogens is 328 g/mol. The number of aromatic nitrogens is 2. The molecule has 138 valence electrons. The van der Waals surface area contributed by atoms with Crippen LogP contribution in [-0.4, -0.2) is 40.1 Å². The molecule has 0 unspecified atom stereocenters. The number of carbonyl (C=O) groups excluding carboxylic acids is 1. The number of hydrogen-bond acceptors (Lipinski definition) is 5. The Hall–Kier alpha value is -2.37. The topological polar surface area (TPSA) is 71.3 Å². The second-order valence-corrected chi connectivity index (χ2v) is 7.97. The number of nitrogens with zero attached hydrogens (tertiary/aromatic N) is 3. The van der Waals surface area contributed by atoms with E-state index in [4.69, 9.17) is 4.42 Å². The number of rotatable bonds is 5. The molecule has 1 saturated heterocycles. The summed E-state index contributed by atoms with van der Waals surface area (Å²) in [7, 11) is 0. The molecule has 0 bridgehead atoms. The average molecular weight is 354 g/mol. The highest BCUT2D eigenvalue weighted by molar-refractivity contribution is 5.84. The summed E-state index contributed by atoms with van der Waals surface area (Å²) in [4.78, 5) is 15.0. The molecular formula is C20H26N4O2. The van der Waals surface area contributed by atoms with Gasteiger partial charge in [0.25, 0.3) is 0 Å². The smallest absolute Gasteiger partial charge is 0.316 e. The fraction of sp³-hybridized carbons (Fsp3) is 0.550. The molecule has 1 atom stereocenters. The highest BCUT2D eigenvalue weighted by Gasteiger charge is 2.45. The molecule has 4 rings (SSSR count). The summed E-state index contributed by atoms with van der Waals surface area (Å²) in [5.74, 6) is 0.720. The maximum Gasteiger partial charge on any atom is 0.316 e. The number of benzene rings is 1. The van der Waals surface area contributed by atoms with Crippen molar-refractivity contribution in [3.8, 4) is 11.5 Å². The van der Waals surface area contributed by atoms with Crippen LogP contribution in [0.2, 0.25) is 0 Å². The summed E-state index contributed by atoms with van der Waals surface area (Å²) in [5.41, 5.74) is 1.43. The quantitative estimate of drug-likeness (QED) is 0.889. The summed E-state index contributed by atoms with van der Waals surface area (Å²) < 4.78 is 5.73. The van der Waals surface area contributed by atoms with Crippen LogP contribution in [0.15, 0.2) is 34.7 Å². The maximum absolute atomic E-state index is 13.0. The van der Waals surface area contributed by atoms with E-state index < -0.39 is 0 Å². The van der Waals surface area contributed by atoms with Crippen LogP contribution in [0, 0.1) is 11.3 Å². The Morgan fingerprint density at radius 1 is 1.12 bits per heavy atom. The van der Waals surface area contributed by atoms with Crippen molar-refractivity contribution in [1.82, 2.24) is 15.1 Å². The fourth-order valence-corrected chi connectivity index (χ4v) is 3.70. The van der Waals surface area contributed by atoms with Gasteiger partial charge in [-0.3, -0.25) is 4.79 Å². The molecule has 0 radical (unpaired) electrons. The largest absolute Gasteiger partial charge is 0.403 e. The van der Waals surface area contributed by atoms with E-state index in [1.165, 1.54) is 12.8 Å². The standard InChI is InChI=1S/C20H26N4O2/c1-14(2)16(18(25)24-12-10-20(8-9-20)11-13-24)21-19-23-22-17(26-19)15-6-4-3-5-7-15/h3-7,14,16H,8-13H2,1-2H3,(H,21,23)/t16-/m0/s1. The van der Waals surface area contributed by atoms with Crippen molar-refractivity contribution >= 4 is 11.9 Å². The van der Waals surface area contributed by atoms with Gasteiger partial charge in [0.1, 0.15) is 6.04 Å². The molecule has 2 heterocycles. The van der Waals surface area contributed by atoms with Gasteiger partial charge in [0.15, 0.2) is 0 Å². The normalized spacial score (nSPS) is 19.6. The zero-order valence-corrected chi connectivity index (χ0v) is 15.4. The van der Waals surface area contributed by atoms with E-state index in [0.717, 1.165) is 31.5 Å². The van der Waals surface area contributed by atoms with Gasteiger partial charge in [-0.15, -0.1) is 5.10 Å². The molecule has 1 aromatic carbocycles. The number of amides is 1. The molecule has 1 aliphatic heterocycles. The molecule has 6 heteroatoms. The van der Waals surface area contributed by atoms with Crippen molar-refractivity contribution in [2.45, 2.75) is 45.6 Å². The van der Waals surface area contributed by atoms with E-state index in [1.54, 1.807) is 0 Å². The van der Waals surface area contributed by atoms with Crippen molar-refractivity contribution in [1.29, 1.82) is 0 Å². The Morgan fingerprint density at radius 3 is 2.42 bits per heavy atom. The van der Waals surface area contributed by atoms with Gasteiger partial charge in [0.05, 0.1) is 0 Å². The van der Waals surface area contributed by atoms with E-state index in [0.29, 0.717) is 17.3 Å². The van der Waals surface area contributed by atoms with Gasteiger partial charge < -0.3 is 14.6 Å². The van der Waals surface area contributed by atoms with Gasteiger partial charge >= 0.3 is 6.01 Å². The highest BCUT2D eigenvalue weighted by atomic mass is 16.4. The number of carbonyl (C=O) groups is 1. The lowest BCUT2D eigenvalue weighted by molar-refractivity contribution is -0.134. The molecule has 1 aromatic heterocycles. The summed E-state index contributed by atoms with van der Waals surface area (Å²) in [5, 5.41) is 11.3. The number of anilines is 1.